The van der Waals surface area contributed by atoms with Crippen LogP contribution in [0.4, 0.5) is 10.1 Å². The molecule has 1 aromatic carbocycles. The van der Waals surface area contributed by atoms with Crippen LogP contribution in [0.25, 0.3) is 0 Å². The van der Waals surface area contributed by atoms with Gasteiger partial charge in [0.25, 0.3) is 0 Å². The number of oxime groups is 1. The lowest BCUT2D eigenvalue weighted by molar-refractivity contribution is 0.318. The third-order valence-electron chi connectivity index (χ3n) is 3.29. The predicted molar refractivity (Wildman–Crippen MR) is 69.6 cm³/mol. The van der Waals surface area contributed by atoms with E-state index < -0.39 is 0 Å². The molecule has 3 N–H and O–H groups in total. The van der Waals surface area contributed by atoms with Crippen molar-refractivity contribution in [3.63, 3.8) is 0 Å². The van der Waals surface area contributed by atoms with E-state index in [0.717, 1.165) is 31.6 Å². The molecule has 98 valence electrons. The van der Waals surface area contributed by atoms with Gasteiger partial charge in [-0.1, -0.05) is 18.0 Å². The lowest BCUT2D eigenvalue weighted by Gasteiger charge is -2.25. The highest BCUT2D eigenvalue weighted by Crippen LogP contribution is 2.24. The fraction of sp³-hybridized carbons (Fsp3) is 0.462. The average Bonchev–Trinajstić information content (AvgIpc) is 2.66. The molecule has 1 saturated heterocycles. The van der Waals surface area contributed by atoms with E-state index in [1.54, 1.807) is 6.07 Å². The molecule has 0 amide bonds. The summed E-state index contributed by atoms with van der Waals surface area (Å²) in [6.45, 7) is 1.86. The summed E-state index contributed by atoms with van der Waals surface area (Å²) < 4.78 is 13.3. The zero-order valence-electron chi connectivity index (χ0n) is 10.3. The number of hydrogen-bond donors (Lipinski definition) is 2. The van der Waals surface area contributed by atoms with Crippen LogP contribution >= 0.6 is 0 Å². The standard InChI is InChI=1S/C13H18FN3O/c14-10-5-6-12(11(9-10)13(15)16-18)17-7-3-1-2-4-8-17/h5-6,9,18H,1-4,7-8H2,(H2,15,16). The molecule has 0 aromatic heterocycles. The van der Waals surface area contributed by atoms with Crippen LogP contribution in [0.1, 0.15) is 31.2 Å². The minimum Gasteiger partial charge on any atom is -0.409 e. The molecule has 2 rings (SSSR count). The Hall–Kier alpha value is -1.78. The van der Waals surface area contributed by atoms with E-state index in [9.17, 15) is 4.39 Å². The minimum absolute atomic E-state index is 0.0475. The number of hydrogen-bond acceptors (Lipinski definition) is 3. The van der Waals surface area contributed by atoms with Crippen LogP contribution in [0.3, 0.4) is 0 Å². The largest absolute Gasteiger partial charge is 0.409 e. The molecule has 5 heteroatoms. The van der Waals surface area contributed by atoms with Gasteiger partial charge < -0.3 is 15.8 Å². The Labute approximate surface area is 106 Å². The number of nitrogens with zero attached hydrogens (tertiary/aromatic N) is 2. The molecular weight excluding hydrogens is 233 g/mol. The Morgan fingerprint density at radius 1 is 1.22 bits per heavy atom. The third kappa shape index (κ3) is 2.72. The van der Waals surface area contributed by atoms with Gasteiger partial charge in [0.1, 0.15) is 5.82 Å². The fourth-order valence-electron chi connectivity index (χ4n) is 2.35. The van der Waals surface area contributed by atoms with Gasteiger partial charge >= 0.3 is 0 Å². The Balaban J connectivity index is 2.36. The van der Waals surface area contributed by atoms with Crippen molar-refractivity contribution in [2.75, 3.05) is 18.0 Å². The van der Waals surface area contributed by atoms with E-state index in [0.29, 0.717) is 5.56 Å². The predicted octanol–water partition coefficient (Wildman–Crippen LogP) is 2.30. The topological polar surface area (TPSA) is 61.9 Å². The molecule has 0 radical (unpaired) electrons. The molecule has 0 unspecified atom stereocenters. The van der Waals surface area contributed by atoms with Crippen molar-refractivity contribution in [3.8, 4) is 0 Å². The number of benzene rings is 1. The lowest BCUT2D eigenvalue weighted by Crippen LogP contribution is -2.27. The zero-order valence-corrected chi connectivity index (χ0v) is 10.3. The summed E-state index contributed by atoms with van der Waals surface area (Å²) in [5.41, 5.74) is 6.92. The highest BCUT2D eigenvalue weighted by atomic mass is 19.1. The highest BCUT2D eigenvalue weighted by molar-refractivity contribution is 6.02. The number of amidine groups is 1. The molecule has 0 saturated carbocycles. The van der Waals surface area contributed by atoms with Gasteiger partial charge in [0.05, 0.1) is 0 Å². The second-order valence-electron chi connectivity index (χ2n) is 4.55. The molecule has 1 aromatic rings. The van der Waals surface area contributed by atoms with Crippen molar-refractivity contribution in [2.24, 2.45) is 10.9 Å². The normalized spacial score (nSPS) is 17.6. The van der Waals surface area contributed by atoms with Crippen molar-refractivity contribution in [2.45, 2.75) is 25.7 Å². The molecule has 4 nitrogen and oxygen atoms in total. The molecule has 18 heavy (non-hydrogen) atoms. The molecule has 1 heterocycles. The summed E-state index contributed by atoms with van der Waals surface area (Å²) in [6.07, 6.45) is 4.67. The summed E-state index contributed by atoms with van der Waals surface area (Å²) in [5.74, 6) is -0.427. The molecular formula is C13H18FN3O. The van der Waals surface area contributed by atoms with E-state index in [1.165, 1.54) is 25.0 Å². The SMILES string of the molecule is NC(=NO)c1cc(F)ccc1N1CCCCCC1. The smallest absolute Gasteiger partial charge is 0.172 e. The first-order valence-corrected chi connectivity index (χ1v) is 6.25. The van der Waals surface area contributed by atoms with Crippen molar-refractivity contribution in [1.29, 1.82) is 0 Å². The minimum atomic E-state index is -0.379. The first-order chi connectivity index (χ1) is 8.72. The molecule has 0 bridgehead atoms. The average molecular weight is 251 g/mol. The van der Waals surface area contributed by atoms with Crippen molar-refractivity contribution in [1.82, 2.24) is 0 Å². The quantitative estimate of drug-likeness (QED) is 0.367. The lowest BCUT2D eigenvalue weighted by atomic mass is 10.1. The molecule has 0 atom stereocenters. The molecule has 0 aliphatic carbocycles. The second kappa shape index (κ2) is 5.71. The van der Waals surface area contributed by atoms with Gasteiger partial charge in [0.2, 0.25) is 0 Å². The molecule has 1 fully saturated rings. The maximum absolute atomic E-state index is 13.3. The fourth-order valence-corrected chi connectivity index (χ4v) is 2.35. The van der Waals surface area contributed by atoms with Crippen LogP contribution in [0, 0.1) is 5.82 Å². The van der Waals surface area contributed by atoms with Crippen LogP contribution in [0.15, 0.2) is 23.4 Å². The summed E-state index contributed by atoms with van der Waals surface area (Å²) in [7, 11) is 0. The van der Waals surface area contributed by atoms with E-state index in [1.807, 2.05) is 0 Å². The van der Waals surface area contributed by atoms with Crippen molar-refractivity contribution < 1.29 is 9.60 Å². The highest BCUT2D eigenvalue weighted by Gasteiger charge is 2.16. The maximum Gasteiger partial charge on any atom is 0.172 e. The Morgan fingerprint density at radius 3 is 2.50 bits per heavy atom. The van der Waals surface area contributed by atoms with Crippen LogP contribution in [0.5, 0.6) is 0 Å². The van der Waals surface area contributed by atoms with Crippen molar-refractivity contribution >= 4 is 11.5 Å². The van der Waals surface area contributed by atoms with E-state index >= 15 is 0 Å². The number of nitrogens with two attached hydrogens (primary N) is 1. The van der Waals surface area contributed by atoms with Gasteiger partial charge in [-0.05, 0) is 31.0 Å². The number of halogens is 1. The zero-order chi connectivity index (χ0) is 13.0. The van der Waals surface area contributed by atoms with Gasteiger partial charge in [-0.15, -0.1) is 0 Å². The summed E-state index contributed by atoms with van der Waals surface area (Å²) in [4.78, 5) is 2.18. The summed E-state index contributed by atoms with van der Waals surface area (Å²) in [5, 5.41) is 11.8. The van der Waals surface area contributed by atoms with Crippen LogP contribution in [-0.2, 0) is 0 Å². The van der Waals surface area contributed by atoms with Crippen LogP contribution < -0.4 is 10.6 Å². The Bertz CT molecular complexity index is 440. The summed E-state index contributed by atoms with van der Waals surface area (Å²) >= 11 is 0. The summed E-state index contributed by atoms with van der Waals surface area (Å²) in [6, 6.07) is 4.43. The maximum atomic E-state index is 13.3. The van der Waals surface area contributed by atoms with Gasteiger partial charge in [-0.2, -0.15) is 0 Å². The Morgan fingerprint density at radius 2 is 1.89 bits per heavy atom. The monoisotopic (exact) mass is 251 g/mol. The van der Waals surface area contributed by atoms with E-state index in [-0.39, 0.29) is 11.7 Å². The second-order valence-corrected chi connectivity index (χ2v) is 4.55. The van der Waals surface area contributed by atoms with Gasteiger partial charge in [-0.25, -0.2) is 4.39 Å². The van der Waals surface area contributed by atoms with E-state index in [2.05, 4.69) is 10.1 Å². The number of rotatable bonds is 2. The molecule has 1 aliphatic rings. The first-order valence-electron chi connectivity index (χ1n) is 6.25. The van der Waals surface area contributed by atoms with Gasteiger partial charge in [-0.3, -0.25) is 0 Å². The van der Waals surface area contributed by atoms with Crippen LogP contribution in [0.2, 0.25) is 0 Å². The van der Waals surface area contributed by atoms with Crippen molar-refractivity contribution in [3.05, 3.63) is 29.6 Å². The van der Waals surface area contributed by atoms with Gasteiger partial charge in [0, 0.05) is 24.3 Å². The molecule has 0 spiro atoms. The Kier molecular flexibility index (Phi) is 4.02. The first kappa shape index (κ1) is 12.7. The van der Waals surface area contributed by atoms with E-state index in [4.69, 9.17) is 10.9 Å². The number of anilines is 1. The third-order valence-corrected chi connectivity index (χ3v) is 3.29. The molecule has 1 aliphatic heterocycles. The van der Waals surface area contributed by atoms with Gasteiger partial charge in [0.15, 0.2) is 5.84 Å². The van der Waals surface area contributed by atoms with Crippen LogP contribution in [-0.4, -0.2) is 24.1 Å².